The Kier molecular flexibility index (Phi) is 34.7. The summed E-state index contributed by atoms with van der Waals surface area (Å²) >= 11 is 1.46. The second-order valence-electron chi connectivity index (χ2n) is 29.8. The largest absolute Gasteiger partial charge is 0.445 e. The van der Waals surface area contributed by atoms with E-state index in [1.807, 2.05) is 56.5 Å². The summed E-state index contributed by atoms with van der Waals surface area (Å²) in [5.74, 6) is -5.66. The second kappa shape index (κ2) is 41.2. The van der Waals surface area contributed by atoms with Gasteiger partial charge in [0.2, 0.25) is 47.3 Å². The molecule has 1 aliphatic rings. The zero-order chi connectivity index (χ0) is 77.1. The lowest BCUT2D eigenvalue weighted by Crippen LogP contribution is -2.62. The van der Waals surface area contributed by atoms with Crippen LogP contribution in [0.4, 0.5) is 20.1 Å². The van der Waals surface area contributed by atoms with Crippen LogP contribution in [0, 0.1) is 29.1 Å². The first-order valence-electron chi connectivity index (χ1n) is 35.8. The molecule has 1 fully saturated rings. The fourth-order valence-electron chi connectivity index (χ4n) is 12.0. The number of anilines is 1. The van der Waals surface area contributed by atoms with Gasteiger partial charge in [0.05, 0.1) is 42.7 Å². The van der Waals surface area contributed by atoms with E-state index in [-0.39, 0.29) is 69.2 Å². The van der Waals surface area contributed by atoms with Crippen molar-refractivity contribution in [2.24, 2.45) is 34.8 Å². The number of rotatable bonds is 39. The van der Waals surface area contributed by atoms with Crippen LogP contribution in [0.25, 0.3) is 0 Å². The SMILES string of the molecule is CC[C@H](C)[C@@H]([C@@H](CC(=O)N1CCC[C@H]1[C@H](OC)[C@@H](C)C(=O)N[C@@H](Cc1ccccc1)c1nccs1)OC)N(C)C(=O)[C@@H](NC(=O)C(C)(C)NC(=O)OCc1ccc(NC(=O)[C@H](CCCNC(N)=O)NC(=O)[C@@H](NC(=O)[C@H](CCCCNC(=O)OC(C)(C)C)NC(=O)C(C)(C)C)C(C)C)cc1)C(C)C. The molecule has 11 N–H and O–H groups in total. The monoisotopic (exact) mass is 1460 g/mol. The highest BCUT2D eigenvalue weighted by molar-refractivity contribution is 7.09. The Morgan fingerprint density at radius 2 is 1.32 bits per heavy atom. The highest BCUT2D eigenvalue weighted by Crippen LogP contribution is 2.31. The summed E-state index contributed by atoms with van der Waals surface area (Å²) in [6.45, 7) is 26.5. The van der Waals surface area contributed by atoms with Crippen molar-refractivity contribution in [2.75, 3.05) is 46.2 Å². The third-order valence-electron chi connectivity index (χ3n) is 18.1. The summed E-state index contributed by atoms with van der Waals surface area (Å²) in [5, 5.41) is 27.6. The number of carbonyl (C=O) groups is 11. The van der Waals surface area contributed by atoms with E-state index in [1.54, 1.807) is 124 Å². The molecule has 103 heavy (non-hydrogen) atoms. The summed E-state index contributed by atoms with van der Waals surface area (Å²) in [6, 6.07) is 9.45. The molecule has 12 amide bonds. The average molecular weight is 1460 g/mol. The molecule has 1 aliphatic heterocycles. The van der Waals surface area contributed by atoms with E-state index in [0.717, 1.165) is 10.6 Å². The number of likely N-dealkylation sites (N-methyl/N-ethyl adjacent to an activating group) is 1. The van der Waals surface area contributed by atoms with Crippen LogP contribution in [0.1, 0.15) is 184 Å². The number of aromatic nitrogens is 1. The zero-order valence-electron chi connectivity index (χ0n) is 63.7. The second-order valence-corrected chi connectivity index (χ2v) is 30.8. The van der Waals surface area contributed by atoms with Gasteiger partial charge in [0.15, 0.2) is 0 Å². The van der Waals surface area contributed by atoms with Crippen molar-refractivity contribution in [3.8, 4) is 0 Å². The molecule has 2 heterocycles. The maximum Gasteiger partial charge on any atom is 0.408 e. The molecule has 0 radical (unpaired) electrons. The Labute approximate surface area is 612 Å². The number of nitrogens with one attached hydrogen (secondary N) is 9. The van der Waals surface area contributed by atoms with E-state index in [0.29, 0.717) is 56.3 Å². The van der Waals surface area contributed by atoms with E-state index in [4.69, 9.17) is 24.7 Å². The van der Waals surface area contributed by atoms with Gasteiger partial charge in [-0.05, 0) is 127 Å². The van der Waals surface area contributed by atoms with Gasteiger partial charge in [0.1, 0.15) is 46.9 Å². The summed E-state index contributed by atoms with van der Waals surface area (Å²) in [4.78, 5) is 158. The minimum atomic E-state index is -1.61. The summed E-state index contributed by atoms with van der Waals surface area (Å²) in [7, 11) is 4.68. The van der Waals surface area contributed by atoms with Crippen LogP contribution in [0.15, 0.2) is 66.2 Å². The molecule has 2 aromatic carbocycles. The van der Waals surface area contributed by atoms with Crippen molar-refractivity contribution in [1.82, 2.24) is 57.3 Å². The van der Waals surface area contributed by atoms with Gasteiger partial charge >= 0.3 is 18.2 Å². The van der Waals surface area contributed by atoms with Gasteiger partial charge in [-0.3, -0.25) is 38.4 Å². The van der Waals surface area contributed by atoms with Gasteiger partial charge in [-0.25, -0.2) is 19.4 Å². The van der Waals surface area contributed by atoms with Gasteiger partial charge in [-0.2, -0.15) is 0 Å². The normalized spacial score (nSPS) is 16.2. The Morgan fingerprint density at radius 1 is 0.689 bits per heavy atom. The summed E-state index contributed by atoms with van der Waals surface area (Å²) in [5.41, 5.74) is 3.98. The number of alkyl carbamates (subject to hydrolysis) is 2. The number of hydrogen-bond donors (Lipinski definition) is 10. The zero-order valence-corrected chi connectivity index (χ0v) is 64.5. The number of likely N-dealkylation sites (tertiary alicyclic amines) is 1. The van der Waals surface area contributed by atoms with Crippen molar-refractivity contribution in [2.45, 2.75) is 240 Å². The number of unbranched alkanes of at least 4 members (excludes halogenated alkanes) is 1. The number of carbonyl (C=O) groups excluding carboxylic acids is 11. The maximum absolute atomic E-state index is 14.8. The fraction of sp³-hybridized carbons (Fsp3) is 0.649. The molecular weight excluding hydrogens is 1340 g/mol. The molecule has 0 unspecified atom stereocenters. The van der Waals surface area contributed by atoms with Crippen LogP contribution in [0.5, 0.6) is 0 Å². The molecule has 0 bridgehead atoms. The Hall–Kier alpha value is -8.44. The first-order chi connectivity index (χ1) is 48.3. The van der Waals surface area contributed by atoms with Crippen LogP contribution in [0.3, 0.4) is 0 Å². The van der Waals surface area contributed by atoms with Crippen molar-refractivity contribution >= 4 is 82.5 Å². The van der Waals surface area contributed by atoms with E-state index >= 15 is 0 Å². The maximum atomic E-state index is 14.8. The predicted octanol–water partition coefficient (Wildman–Crippen LogP) is 7.55. The third kappa shape index (κ3) is 28.3. The molecule has 0 saturated carbocycles. The number of urea groups is 1. The molecular formula is C74H117N13O15S. The molecule has 0 aliphatic carbocycles. The Balaban J connectivity index is 1.39. The molecule has 0 spiro atoms. The fourth-order valence-corrected chi connectivity index (χ4v) is 12.7. The first kappa shape index (κ1) is 87.0. The van der Waals surface area contributed by atoms with E-state index in [1.165, 1.54) is 32.3 Å². The summed E-state index contributed by atoms with van der Waals surface area (Å²) in [6.07, 6.45) is 2.42. The lowest BCUT2D eigenvalue weighted by Gasteiger charge is -2.41. The number of nitrogens with zero attached hydrogens (tertiary/aromatic N) is 3. The molecule has 1 aromatic heterocycles. The third-order valence-corrected chi connectivity index (χ3v) is 19.0. The van der Waals surface area contributed by atoms with Crippen LogP contribution < -0.4 is 53.6 Å². The number of nitrogens with two attached hydrogens (primary N) is 1. The first-order valence-corrected chi connectivity index (χ1v) is 36.6. The number of hydrogen-bond acceptors (Lipinski definition) is 17. The predicted molar refractivity (Wildman–Crippen MR) is 393 cm³/mol. The number of amides is 12. The van der Waals surface area contributed by atoms with Gasteiger partial charge < -0.3 is 82.3 Å². The van der Waals surface area contributed by atoms with Crippen LogP contribution in [-0.2, 0) is 70.3 Å². The molecule has 28 nitrogen and oxygen atoms in total. The van der Waals surface area contributed by atoms with E-state index in [2.05, 4.69) is 52.8 Å². The smallest absolute Gasteiger partial charge is 0.408 e. The van der Waals surface area contributed by atoms with Gasteiger partial charge in [-0.15, -0.1) is 11.3 Å². The lowest BCUT2D eigenvalue weighted by molar-refractivity contribution is -0.148. The quantitative estimate of drug-likeness (QED) is 0.0246. The number of ether oxygens (including phenoxy) is 4. The number of thiazole rings is 1. The van der Waals surface area contributed by atoms with Crippen LogP contribution >= 0.6 is 11.3 Å². The number of benzene rings is 2. The minimum Gasteiger partial charge on any atom is -0.445 e. The number of methoxy groups -OCH3 is 2. The van der Waals surface area contributed by atoms with Crippen molar-refractivity contribution in [1.29, 1.82) is 0 Å². The van der Waals surface area contributed by atoms with Crippen LogP contribution in [0.2, 0.25) is 0 Å². The molecule has 3 aromatic rings. The Bertz CT molecular complexity index is 3250. The molecule has 574 valence electrons. The molecule has 1 saturated heterocycles. The molecule has 11 atom stereocenters. The highest BCUT2D eigenvalue weighted by atomic mass is 32.1. The lowest BCUT2D eigenvalue weighted by atomic mass is 9.89. The van der Waals surface area contributed by atoms with Gasteiger partial charge in [0.25, 0.3) is 0 Å². The Morgan fingerprint density at radius 3 is 1.89 bits per heavy atom. The minimum absolute atomic E-state index is 0.0330. The van der Waals surface area contributed by atoms with E-state index in [9.17, 15) is 52.7 Å². The topological polar surface area (TPSA) is 378 Å². The molecule has 29 heteroatoms. The van der Waals surface area contributed by atoms with Crippen molar-refractivity contribution in [3.05, 3.63) is 82.3 Å². The standard InChI is InChI=1S/C74H117N13O15S/c1-19-46(6)59(55(99-17)42-56(88)87-39-26-31-54(87)60(100-18)47(7)61(89)81-53(65-76-38-40-103-65)41-48-27-21-20-22-28-48)86(16)66(93)58(45(4)5)84-68(95)74(14,15)85-71(98)101-43-49-32-34-50(35-33-49)79-62(90)51(30-25-37-77-69(75)96)80-64(92)57(44(2)3)83-63(91)52(82-67(94)72(8,9)10)29-23-24-36-78-70(97)102-73(11,12)13/h20-22,27-28,32-35,38,40,44-47,51-55,57-60H,19,23-26,29-31,36-37,39,41-43H2,1-18H3,(H,78,97)(H,79,90)(H,80,92)(H,81,89)(H,82,94)(H,83,91)(H,84,95)(H,85,98)(H3,75,77,96)/t46-,47+,51-,52-,53-,54-,55+,57-,58-,59-,60+/m0/s1. The molecule has 4 rings (SSSR count). The summed E-state index contributed by atoms with van der Waals surface area (Å²) < 4.78 is 23.0. The van der Waals surface area contributed by atoms with Gasteiger partial charge in [0, 0.05) is 63.6 Å². The van der Waals surface area contributed by atoms with Crippen molar-refractivity contribution < 1.29 is 71.7 Å². The van der Waals surface area contributed by atoms with Crippen LogP contribution in [-0.4, -0.2) is 181 Å². The van der Waals surface area contributed by atoms with Gasteiger partial charge in [-0.1, -0.05) is 118 Å². The van der Waals surface area contributed by atoms with E-state index < -0.39 is 136 Å². The highest BCUT2D eigenvalue weighted by Gasteiger charge is 2.44. The average Bonchev–Trinajstić information content (AvgIpc) is 1.79. The number of primary amides is 1. The van der Waals surface area contributed by atoms with Crippen molar-refractivity contribution in [3.63, 3.8) is 0 Å².